The minimum atomic E-state index is -0.140. The van der Waals surface area contributed by atoms with Crippen molar-refractivity contribution >= 4 is 27.7 Å². The Kier molecular flexibility index (Phi) is 10.3. The van der Waals surface area contributed by atoms with E-state index in [1.54, 1.807) is 24.1 Å². The van der Waals surface area contributed by atoms with Gasteiger partial charge in [-0.3, -0.25) is 9.59 Å². The van der Waals surface area contributed by atoms with Crippen LogP contribution in [0.1, 0.15) is 74.0 Å². The van der Waals surface area contributed by atoms with Crippen LogP contribution in [0.25, 0.3) is 0 Å². The molecule has 1 unspecified atom stereocenters. The number of amides is 2. The second-order valence-corrected chi connectivity index (χ2v) is 11.4. The molecule has 0 saturated heterocycles. The van der Waals surface area contributed by atoms with Crippen molar-refractivity contribution in [3.63, 3.8) is 0 Å². The van der Waals surface area contributed by atoms with Crippen molar-refractivity contribution in [1.29, 1.82) is 0 Å². The van der Waals surface area contributed by atoms with Gasteiger partial charge in [0.15, 0.2) is 0 Å². The molecule has 0 radical (unpaired) electrons. The van der Waals surface area contributed by atoms with Gasteiger partial charge in [-0.05, 0) is 74.2 Å². The highest BCUT2D eigenvalue weighted by Gasteiger charge is 2.30. The zero-order chi connectivity index (χ0) is 27.8. The van der Waals surface area contributed by atoms with E-state index < -0.39 is 0 Å². The molecule has 4 rings (SSSR count). The number of carbonyl (C=O) groups is 2. The summed E-state index contributed by atoms with van der Waals surface area (Å²) in [7, 11) is 1.59. The average molecular weight is 595 g/mol. The summed E-state index contributed by atoms with van der Waals surface area (Å²) in [5.74, 6) is 0.500. The number of ether oxygens (including phenoxy) is 1. The SMILES string of the molecule is CCC(C)N(CC(=O)N(Cc1cccn1Cc1ccc(Br)cc1)C1CCCCC1)C(=O)c1cccc(OC)c1. The van der Waals surface area contributed by atoms with E-state index in [0.29, 0.717) is 17.9 Å². The average Bonchev–Trinajstić information content (AvgIpc) is 3.41. The molecule has 1 aliphatic rings. The van der Waals surface area contributed by atoms with Gasteiger partial charge < -0.3 is 19.1 Å². The Morgan fingerprint density at radius 3 is 2.49 bits per heavy atom. The van der Waals surface area contributed by atoms with Crippen molar-refractivity contribution in [3.05, 3.63) is 88.2 Å². The van der Waals surface area contributed by atoms with Crippen LogP contribution in [0.15, 0.2) is 71.3 Å². The Balaban J connectivity index is 1.57. The first kappa shape index (κ1) is 28.9. The second kappa shape index (κ2) is 13.8. The molecule has 39 heavy (non-hydrogen) atoms. The maximum absolute atomic E-state index is 14.1. The number of halogens is 1. The number of hydrogen-bond donors (Lipinski definition) is 0. The van der Waals surface area contributed by atoms with Gasteiger partial charge >= 0.3 is 0 Å². The molecule has 1 heterocycles. The van der Waals surface area contributed by atoms with Gasteiger partial charge in [-0.2, -0.15) is 0 Å². The van der Waals surface area contributed by atoms with Gasteiger partial charge in [-0.15, -0.1) is 0 Å². The maximum atomic E-state index is 14.1. The monoisotopic (exact) mass is 593 g/mol. The summed E-state index contributed by atoms with van der Waals surface area (Å²) in [5, 5.41) is 0. The van der Waals surface area contributed by atoms with Gasteiger partial charge in [0, 0.05) is 40.6 Å². The highest BCUT2D eigenvalue weighted by atomic mass is 79.9. The molecule has 7 heteroatoms. The molecule has 1 aliphatic carbocycles. The molecule has 2 amide bonds. The third kappa shape index (κ3) is 7.53. The lowest BCUT2D eigenvalue weighted by molar-refractivity contribution is -0.136. The fraction of sp³-hybridized carbons (Fsp3) is 0.438. The summed E-state index contributed by atoms with van der Waals surface area (Å²) in [5.41, 5.74) is 2.85. The van der Waals surface area contributed by atoms with Crippen molar-refractivity contribution in [2.24, 2.45) is 0 Å². The van der Waals surface area contributed by atoms with E-state index in [1.807, 2.05) is 24.0 Å². The summed E-state index contributed by atoms with van der Waals surface area (Å²) in [4.78, 5) is 31.5. The quantitative estimate of drug-likeness (QED) is 0.243. The fourth-order valence-corrected chi connectivity index (χ4v) is 5.59. The number of aromatic nitrogens is 1. The molecule has 1 saturated carbocycles. The Hall–Kier alpha value is -3.06. The predicted molar refractivity (Wildman–Crippen MR) is 159 cm³/mol. The first-order valence-corrected chi connectivity index (χ1v) is 14.8. The van der Waals surface area contributed by atoms with Crippen LogP contribution in [-0.2, 0) is 17.9 Å². The normalized spacial score (nSPS) is 14.6. The van der Waals surface area contributed by atoms with Gasteiger partial charge in [0.2, 0.25) is 5.91 Å². The smallest absolute Gasteiger partial charge is 0.254 e. The number of methoxy groups -OCH3 is 1. The van der Waals surface area contributed by atoms with Gasteiger partial charge in [-0.25, -0.2) is 0 Å². The lowest BCUT2D eigenvalue weighted by Gasteiger charge is -2.37. The number of carbonyl (C=O) groups excluding carboxylic acids is 2. The minimum Gasteiger partial charge on any atom is -0.497 e. The van der Waals surface area contributed by atoms with Crippen molar-refractivity contribution in [2.75, 3.05) is 13.7 Å². The Morgan fingerprint density at radius 1 is 1.05 bits per heavy atom. The first-order chi connectivity index (χ1) is 18.9. The van der Waals surface area contributed by atoms with Gasteiger partial charge in [0.25, 0.3) is 5.91 Å². The standard InChI is InChI=1S/C32H40BrN3O3/c1-4-24(2)35(32(38)26-10-8-14-30(20-26)39-3)23-31(37)36(28-11-6-5-7-12-28)22-29-13-9-19-34(29)21-25-15-17-27(33)18-16-25/h8-10,13-20,24,28H,4-7,11-12,21-23H2,1-3H3. The molecule has 0 bridgehead atoms. The molecule has 0 N–H and O–H groups in total. The van der Waals surface area contributed by atoms with E-state index in [0.717, 1.165) is 48.8 Å². The predicted octanol–water partition coefficient (Wildman–Crippen LogP) is 6.91. The van der Waals surface area contributed by atoms with Crippen LogP contribution in [0.4, 0.5) is 0 Å². The van der Waals surface area contributed by atoms with Crippen LogP contribution >= 0.6 is 15.9 Å². The van der Waals surface area contributed by atoms with Crippen LogP contribution in [0.5, 0.6) is 5.75 Å². The molecule has 0 spiro atoms. The van der Waals surface area contributed by atoms with Crippen molar-refractivity contribution < 1.29 is 14.3 Å². The topological polar surface area (TPSA) is 54.8 Å². The van der Waals surface area contributed by atoms with Crippen LogP contribution in [-0.4, -0.2) is 51.9 Å². The highest BCUT2D eigenvalue weighted by Crippen LogP contribution is 2.26. The lowest BCUT2D eigenvalue weighted by Crippen LogP contribution is -2.49. The first-order valence-electron chi connectivity index (χ1n) is 14.0. The fourth-order valence-electron chi connectivity index (χ4n) is 5.33. The summed E-state index contributed by atoms with van der Waals surface area (Å²) in [6.07, 6.45) is 8.34. The largest absolute Gasteiger partial charge is 0.497 e. The van der Waals surface area contributed by atoms with Gasteiger partial charge in [0.1, 0.15) is 12.3 Å². The summed E-state index contributed by atoms with van der Waals surface area (Å²) in [6, 6.07) is 19.8. The number of nitrogens with zero attached hydrogens (tertiary/aromatic N) is 3. The Bertz CT molecular complexity index is 1230. The third-order valence-corrected chi connectivity index (χ3v) is 8.39. The summed E-state index contributed by atoms with van der Waals surface area (Å²) >= 11 is 3.51. The lowest BCUT2D eigenvalue weighted by atomic mass is 9.94. The molecular weight excluding hydrogens is 554 g/mol. The molecule has 208 valence electrons. The van der Waals surface area contributed by atoms with Crippen LogP contribution in [0.2, 0.25) is 0 Å². The molecule has 1 aromatic heterocycles. The van der Waals surface area contributed by atoms with Crippen molar-refractivity contribution in [1.82, 2.24) is 14.4 Å². The van der Waals surface area contributed by atoms with E-state index >= 15 is 0 Å². The zero-order valence-corrected chi connectivity index (χ0v) is 24.9. The van der Waals surface area contributed by atoms with E-state index in [2.05, 4.69) is 70.0 Å². The van der Waals surface area contributed by atoms with Crippen LogP contribution < -0.4 is 4.74 Å². The van der Waals surface area contributed by atoms with Crippen molar-refractivity contribution in [2.45, 2.75) is 77.5 Å². The van der Waals surface area contributed by atoms with Gasteiger partial charge in [0.05, 0.1) is 13.7 Å². The Morgan fingerprint density at radius 2 is 1.79 bits per heavy atom. The molecular formula is C32H40BrN3O3. The van der Waals surface area contributed by atoms with Crippen LogP contribution in [0, 0.1) is 0 Å². The second-order valence-electron chi connectivity index (χ2n) is 10.5. The number of benzene rings is 2. The highest BCUT2D eigenvalue weighted by molar-refractivity contribution is 9.10. The molecule has 0 aliphatic heterocycles. The molecule has 2 aromatic carbocycles. The molecule has 6 nitrogen and oxygen atoms in total. The van der Waals surface area contributed by atoms with Gasteiger partial charge in [-0.1, -0.05) is 60.3 Å². The number of hydrogen-bond acceptors (Lipinski definition) is 3. The zero-order valence-electron chi connectivity index (χ0n) is 23.3. The summed E-state index contributed by atoms with van der Waals surface area (Å²) in [6.45, 7) is 5.41. The third-order valence-electron chi connectivity index (χ3n) is 7.86. The minimum absolute atomic E-state index is 0.00911. The van der Waals surface area contributed by atoms with E-state index in [1.165, 1.54) is 12.0 Å². The van der Waals surface area contributed by atoms with E-state index in [4.69, 9.17) is 4.74 Å². The molecule has 1 fully saturated rings. The number of rotatable bonds is 11. The van der Waals surface area contributed by atoms with E-state index in [-0.39, 0.29) is 30.4 Å². The Labute approximate surface area is 241 Å². The van der Waals surface area contributed by atoms with E-state index in [9.17, 15) is 9.59 Å². The van der Waals surface area contributed by atoms with Crippen molar-refractivity contribution in [3.8, 4) is 5.75 Å². The molecule has 1 atom stereocenters. The van der Waals surface area contributed by atoms with Crippen LogP contribution in [0.3, 0.4) is 0 Å². The summed E-state index contributed by atoms with van der Waals surface area (Å²) < 4.78 is 8.62. The maximum Gasteiger partial charge on any atom is 0.254 e. The molecule has 3 aromatic rings.